The molecule has 2 heterocycles. The molecule has 1 saturated heterocycles. The van der Waals surface area contributed by atoms with Crippen molar-refractivity contribution in [3.8, 4) is 0 Å². The summed E-state index contributed by atoms with van der Waals surface area (Å²) in [6.07, 6.45) is 2.45. The third-order valence-electron chi connectivity index (χ3n) is 5.82. The van der Waals surface area contributed by atoms with Crippen LogP contribution in [0.25, 0.3) is 0 Å². The van der Waals surface area contributed by atoms with Crippen LogP contribution in [0.1, 0.15) is 51.0 Å². The van der Waals surface area contributed by atoms with Gasteiger partial charge in [0.1, 0.15) is 0 Å². The lowest BCUT2D eigenvalue weighted by atomic mass is 10.1. The minimum atomic E-state index is -3.13. The summed E-state index contributed by atoms with van der Waals surface area (Å²) in [7, 11) is -3.13. The summed E-state index contributed by atoms with van der Waals surface area (Å²) in [5.41, 5.74) is 1.80. The maximum atomic E-state index is 12.6. The van der Waals surface area contributed by atoms with Gasteiger partial charge < -0.3 is 9.64 Å². The highest BCUT2D eigenvalue weighted by Gasteiger charge is 2.34. The van der Waals surface area contributed by atoms with Crippen LogP contribution in [0.4, 0.5) is 0 Å². The van der Waals surface area contributed by atoms with Gasteiger partial charge in [0.2, 0.25) is 5.91 Å². The quantitative estimate of drug-likeness (QED) is 0.475. The fraction of sp³-hybridized carbons (Fsp3) is 0.565. The third kappa shape index (κ3) is 7.12. The molecule has 1 atom stereocenters. The molecule has 1 unspecified atom stereocenters. The second-order valence-corrected chi connectivity index (χ2v) is 10.6. The Labute approximate surface area is 194 Å². The monoisotopic (exact) mass is 477 g/mol. The van der Waals surface area contributed by atoms with Crippen LogP contribution in [-0.4, -0.2) is 79.1 Å². The average Bonchev–Trinajstić information content (AvgIpc) is 3.44. The van der Waals surface area contributed by atoms with E-state index in [1.54, 1.807) is 0 Å². The Bertz CT molecular complexity index is 993. The summed E-state index contributed by atoms with van der Waals surface area (Å²) in [5, 5.41) is 5.73. The Balaban J connectivity index is 1.45. The van der Waals surface area contributed by atoms with Crippen LogP contribution >= 0.6 is 0 Å². The zero-order chi connectivity index (χ0) is 23.8. The first-order valence-electron chi connectivity index (χ1n) is 11.4. The number of rotatable bonds is 10. The van der Waals surface area contributed by atoms with E-state index in [0.717, 1.165) is 24.1 Å². The molecule has 0 spiro atoms. The Kier molecular flexibility index (Phi) is 8.60. The van der Waals surface area contributed by atoms with Crippen LogP contribution in [0, 0.1) is 0 Å². The van der Waals surface area contributed by atoms with Crippen LogP contribution in [0.15, 0.2) is 35.4 Å². The maximum absolute atomic E-state index is 12.6. The Morgan fingerprint density at radius 1 is 1.18 bits per heavy atom. The number of nitrogens with zero attached hydrogens (tertiary/aromatic N) is 3. The first-order valence-corrected chi connectivity index (χ1v) is 13.2. The third-order valence-corrected chi connectivity index (χ3v) is 7.57. The van der Waals surface area contributed by atoms with Crippen molar-refractivity contribution in [2.75, 3.05) is 31.2 Å². The normalized spacial score (nSPS) is 19.2. The Hall–Kier alpha value is -2.75. The van der Waals surface area contributed by atoms with E-state index in [9.17, 15) is 22.8 Å². The van der Waals surface area contributed by atoms with E-state index in [-0.39, 0.29) is 36.3 Å². The van der Waals surface area contributed by atoms with Gasteiger partial charge in [0.15, 0.2) is 16.4 Å². The van der Waals surface area contributed by atoms with E-state index >= 15 is 0 Å². The van der Waals surface area contributed by atoms with Crippen LogP contribution in [-0.2, 0) is 29.0 Å². The lowest BCUT2D eigenvalue weighted by Crippen LogP contribution is -2.43. The molecule has 3 rings (SSSR count). The molecular formula is C23H31N3O6S. The molecule has 1 aromatic rings. The van der Waals surface area contributed by atoms with Gasteiger partial charge in [-0.2, -0.15) is 5.10 Å². The molecule has 0 aromatic heterocycles. The number of esters is 1. The topological polar surface area (TPSA) is 113 Å². The summed E-state index contributed by atoms with van der Waals surface area (Å²) in [5.74, 6) is -1.29. The number of carbonyl (C=O) groups is 3. The summed E-state index contributed by atoms with van der Waals surface area (Å²) in [4.78, 5) is 38.7. The van der Waals surface area contributed by atoms with E-state index in [1.165, 1.54) is 9.91 Å². The van der Waals surface area contributed by atoms with Crippen molar-refractivity contribution in [2.45, 2.75) is 51.5 Å². The highest BCUT2D eigenvalue weighted by molar-refractivity contribution is 7.91. The van der Waals surface area contributed by atoms with Gasteiger partial charge in [-0.1, -0.05) is 43.7 Å². The number of sulfone groups is 1. The van der Waals surface area contributed by atoms with Gasteiger partial charge in [-0.15, -0.1) is 0 Å². The highest BCUT2D eigenvalue weighted by Crippen LogP contribution is 2.19. The minimum Gasteiger partial charge on any atom is -0.456 e. The molecule has 0 aliphatic carbocycles. The van der Waals surface area contributed by atoms with Crippen molar-refractivity contribution in [1.29, 1.82) is 0 Å². The summed E-state index contributed by atoms with van der Waals surface area (Å²) in [6.45, 7) is 2.43. The number of hydrazone groups is 1. The Morgan fingerprint density at radius 2 is 1.94 bits per heavy atom. The smallest absolute Gasteiger partial charge is 0.306 e. The van der Waals surface area contributed by atoms with E-state index in [4.69, 9.17) is 4.74 Å². The molecule has 9 nitrogen and oxygen atoms in total. The van der Waals surface area contributed by atoms with E-state index < -0.39 is 28.3 Å². The fourth-order valence-corrected chi connectivity index (χ4v) is 5.70. The first-order chi connectivity index (χ1) is 15.8. The number of ether oxygens (including phenoxy) is 1. The molecule has 2 aliphatic rings. The van der Waals surface area contributed by atoms with Crippen LogP contribution in [0.5, 0.6) is 0 Å². The highest BCUT2D eigenvalue weighted by atomic mass is 32.2. The molecule has 33 heavy (non-hydrogen) atoms. The van der Waals surface area contributed by atoms with E-state index in [2.05, 4.69) is 5.10 Å². The number of carbonyl (C=O) groups excluding carboxylic acids is 3. The SMILES string of the molecule is CCCCN(C(=O)COC(=O)CCC(=O)N1CCC(c2ccccc2)=N1)C1CCS(=O)(=O)C1. The van der Waals surface area contributed by atoms with Crippen molar-refractivity contribution in [3.63, 3.8) is 0 Å². The summed E-state index contributed by atoms with van der Waals surface area (Å²) < 4.78 is 28.7. The molecule has 0 bridgehead atoms. The van der Waals surface area contributed by atoms with Gasteiger partial charge in [-0.05, 0) is 18.4 Å². The largest absolute Gasteiger partial charge is 0.456 e. The van der Waals surface area contributed by atoms with E-state index in [0.29, 0.717) is 25.9 Å². The van der Waals surface area contributed by atoms with Gasteiger partial charge in [0.25, 0.3) is 5.91 Å². The van der Waals surface area contributed by atoms with Gasteiger partial charge in [0, 0.05) is 25.4 Å². The molecule has 180 valence electrons. The van der Waals surface area contributed by atoms with Gasteiger partial charge in [-0.3, -0.25) is 14.4 Å². The number of hydrogen-bond acceptors (Lipinski definition) is 7. The van der Waals surface area contributed by atoms with Crippen molar-refractivity contribution >= 4 is 33.3 Å². The zero-order valence-corrected chi connectivity index (χ0v) is 19.8. The number of hydrogen-bond donors (Lipinski definition) is 0. The van der Waals surface area contributed by atoms with Crippen molar-refractivity contribution < 1.29 is 27.5 Å². The first kappa shape index (κ1) is 24.9. The standard InChI is InChI=1S/C23H31N3O6S/c1-2-3-13-25(19-12-15-33(30,31)17-19)22(28)16-32-23(29)10-9-21(27)26-14-11-20(24-26)18-7-5-4-6-8-18/h4-8,19H,2-3,9-17H2,1H3. The van der Waals surface area contributed by atoms with Crippen LogP contribution in [0.2, 0.25) is 0 Å². The van der Waals surface area contributed by atoms with Crippen molar-refractivity contribution in [3.05, 3.63) is 35.9 Å². The lowest BCUT2D eigenvalue weighted by molar-refractivity contribution is -0.153. The zero-order valence-electron chi connectivity index (χ0n) is 18.9. The van der Waals surface area contributed by atoms with Crippen LogP contribution < -0.4 is 0 Å². The number of benzene rings is 1. The fourth-order valence-electron chi connectivity index (χ4n) is 3.97. The van der Waals surface area contributed by atoms with Crippen LogP contribution in [0.3, 0.4) is 0 Å². The minimum absolute atomic E-state index is 0.0494. The lowest BCUT2D eigenvalue weighted by Gasteiger charge is -2.28. The van der Waals surface area contributed by atoms with Gasteiger partial charge >= 0.3 is 5.97 Å². The second kappa shape index (κ2) is 11.4. The molecular weight excluding hydrogens is 446 g/mol. The van der Waals surface area contributed by atoms with Crippen molar-refractivity contribution in [2.24, 2.45) is 5.10 Å². The summed E-state index contributed by atoms with van der Waals surface area (Å²) >= 11 is 0. The number of unbranched alkanes of at least 4 members (excludes halogenated alkanes) is 1. The molecule has 10 heteroatoms. The predicted molar refractivity (Wildman–Crippen MR) is 123 cm³/mol. The van der Waals surface area contributed by atoms with E-state index in [1.807, 2.05) is 37.3 Å². The average molecular weight is 478 g/mol. The molecule has 2 amide bonds. The molecule has 0 saturated carbocycles. The predicted octanol–water partition coefficient (Wildman–Crippen LogP) is 1.76. The van der Waals surface area contributed by atoms with Gasteiger partial charge in [-0.25, -0.2) is 13.4 Å². The molecule has 2 aliphatic heterocycles. The molecule has 1 aromatic carbocycles. The van der Waals surface area contributed by atoms with Crippen molar-refractivity contribution in [1.82, 2.24) is 9.91 Å². The number of amides is 2. The molecule has 0 N–H and O–H groups in total. The van der Waals surface area contributed by atoms with Gasteiger partial charge in [0.05, 0.1) is 30.2 Å². The maximum Gasteiger partial charge on any atom is 0.306 e. The Morgan fingerprint density at radius 3 is 2.61 bits per heavy atom. The summed E-state index contributed by atoms with van der Waals surface area (Å²) in [6, 6.07) is 9.24. The second-order valence-electron chi connectivity index (χ2n) is 8.34. The molecule has 0 radical (unpaired) electrons. The molecule has 1 fully saturated rings.